The molecule has 2 N–H and O–H groups in total. The average molecular weight is 255 g/mol. The van der Waals surface area contributed by atoms with Gasteiger partial charge in [0.15, 0.2) is 0 Å². The van der Waals surface area contributed by atoms with Gasteiger partial charge in [-0.1, -0.05) is 12.1 Å². The van der Waals surface area contributed by atoms with Crippen molar-refractivity contribution in [2.24, 2.45) is 0 Å². The van der Waals surface area contributed by atoms with Crippen LogP contribution in [0.1, 0.15) is 12.0 Å². The molecule has 0 aromatic heterocycles. The number of nitrogens with one attached hydrogen (secondary N) is 1. The first-order valence-electron chi connectivity index (χ1n) is 5.69. The standard InChI is InChI=1S/C13H18FNO3/c1-17-13-4-2-10(3-5-13)8-18-9-12(16)6-11(14)7-15/h2-5,7,11-12,15-16H,6,8-9H2,1H3/t11-,12-/m0/s1. The number of alkyl halides is 1. The summed E-state index contributed by atoms with van der Waals surface area (Å²) in [7, 11) is 1.60. The first-order chi connectivity index (χ1) is 8.65. The molecule has 0 saturated carbocycles. The topological polar surface area (TPSA) is 62.5 Å². The quantitative estimate of drug-likeness (QED) is 0.698. The van der Waals surface area contributed by atoms with Crippen molar-refractivity contribution >= 4 is 6.21 Å². The zero-order valence-electron chi connectivity index (χ0n) is 10.3. The number of aliphatic hydroxyl groups excluding tert-OH is 1. The molecule has 18 heavy (non-hydrogen) atoms. The van der Waals surface area contributed by atoms with Crippen molar-refractivity contribution < 1.29 is 19.0 Å². The van der Waals surface area contributed by atoms with Crippen LogP contribution in [0, 0.1) is 5.41 Å². The summed E-state index contributed by atoms with van der Waals surface area (Å²) in [5, 5.41) is 16.1. The fourth-order valence-corrected chi connectivity index (χ4v) is 1.43. The van der Waals surface area contributed by atoms with E-state index >= 15 is 0 Å². The van der Waals surface area contributed by atoms with Gasteiger partial charge < -0.3 is 20.0 Å². The summed E-state index contributed by atoms with van der Waals surface area (Å²) in [5.41, 5.74) is 0.951. The van der Waals surface area contributed by atoms with E-state index in [9.17, 15) is 9.50 Å². The Morgan fingerprint density at radius 3 is 2.61 bits per heavy atom. The number of methoxy groups -OCH3 is 1. The van der Waals surface area contributed by atoms with E-state index in [1.54, 1.807) is 7.11 Å². The molecule has 0 aliphatic heterocycles. The van der Waals surface area contributed by atoms with E-state index < -0.39 is 12.3 Å². The molecule has 0 heterocycles. The molecule has 100 valence electrons. The van der Waals surface area contributed by atoms with Crippen LogP contribution in [-0.2, 0) is 11.3 Å². The fraction of sp³-hybridized carbons (Fsp3) is 0.462. The number of rotatable bonds is 8. The SMILES string of the molecule is COc1ccc(COC[C@@H](O)C[C@H](F)C=N)cc1. The van der Waals surface area contributed by atoms with Crippen LogP contribution in [0.3, 0.4) is 0 Å². The van der Waals surface area contributed by atoms with Crippen molar-refractivity contribution in [1.29, 1.82) is 5.41 Å². The Kier molecular flexibility index (Phi) is 6.32. The summed E-state index contributed by atoms with van der Waals surface area (Å²) in [5.74, 6) is 0.769. The van der Waals surface area contributed by atoms with Gasteiger partial charge in [-0.3, -0.25) is 0 Å². The van der Waals surface area contributed by atoms with E-state index in [2.05, 4.69) is 0 Å². The largest absolute Gasteiger partial charge is 0.497 e. The molecule has 0 unspecified atom stereocenters. The van der Waals surface area contributed by atoms with Crippen LogP contribution < -0.4 is 4.74 Å². The Labute approximate surface area is 106 Å². The van der Waals surface area contributed by atoms with Crippen LogP contribution >= 0.6 is 0 Å². The van der Waals surface area contributed by atoms with Crippen molar-refractivity contribution in [1.82, 2.24) is 0 Å². The van der Waals surface area contributed by atoms with E-state index in [4.69, 9.17) is 14.9 Å². The van der Waals surface area contributed by atoms with Crippen LogP contribution in [0.5, 0.6) is 5.75 Å². The van der Waals surface area contributed by atoms with Crippen LogP contribution in [0.2, 0.25) is 0 Å². The zero-order valence-corrected chi connectivity index (χ0v) is 10.3. The second-order valence-corrected chi connectivity index (χ2v) is 3.94. The molecule has 0 radical (unpaired) electrons. The number of halogens is 1. The number of hydrogen-bond acceptors (Lipinski definition) is 4. The normalized spacial score (nSPS) is 13.9. The maximum Gasteiger partial charge on any atom is 0.137 e. The van der Waals surface area contributed by atoms with Gasteiger partial charge in [0.05, 0.1) is 26.4 Å². The lowest BCUT2D eigenvalue weighted by Crippen LogP contribution is -2.20. The third kappa shape index (κ3) is 5.25. The van der Waals surface area contributed by atoms with Crippen LogP contribution in [0.4, 0.5) is 4.39 Å². The van der Waals surface area contributed by atoms with Gasteiger partial charge in [-0.25, -0.2) is 4.39 Å². The predicted octanol–water partition coefficient (Wildman–Crippen LogP) is 1.95. The minimum absolute atomic E-state index is 0.0558. The molecule has 0 amide bonds. The van der Waals surface area contributed by atoms with Gasteiger partial charge in [0.25, 0.3) is 0 Å². The van der Waals surface area contributed by atoms with E-state index in [0.717, 1.165) is 11.3 Å². The molecule has 0 saturated heterocycles. The molecule has 2 atom stereocenters. The molecular formula is C13H18FNO3. The number of hydrogen-bond donors (Lipinski definition) is 2. The molecule has 1 aromatic rings. The molecule has 5 heteroatoms. The van der Waals surface area contributed by atoms with Gasteiger partial charge in [0.1, 0.15) is 11.9 Å². The fourth-order valence-electron chi connectivity index (χ4n) is 1.43. The number of aliphatic hydroxyl groups is 1. The van der Waals surface area contributed by atoms with Crippen molar-refractivity contribution in [3.05, 3.63) is 29.8 Å². The third-order valence-electron chi connectivity index (χ3n) is 2.42. The third-order valence-corrected chi connectivity index (χ3v) is 2.42. The Morgan fingerprint density at radius 1 is 1.39 bits per heavy atom. The first-order valence-corrected chi connectivity index (χ1v) is 5.69. The molecule has 0 spiro atoms. The number of ether oxygens (including phenoxy) is 2. The zero-order chi connectivity index (χ0) is 13.4. The van der Waals surface area contributed by atoms with Gasteiger partial charge in [-0.05, 0) is 17.7 Å². The van der Waals surface area contributed by atoms with E-state index in [-0.39, 0.29) is 13.0 Å². The molecule has 0 aliphatic carbocycles. The Bertz CT molecular complexity index is 356. The molecule has 4 nitrogen and oxygen atoms in total. The summed E-state index contributed by atoms with van der Waals surface area (Å²) >= 11 is 0. The average Bonchev–Trinajstić information content (AvgIpc) is 2.39. The van der Waals surface area contributed by atoms with E-state index in [0.29, 0.717) is 12.8 Å². The highest BCUT2D eigenvalue weighted by Gasteiger charge is 2.11. The smallest absolute Gasteiger partial charge is 0.137 e. The summed E-state index contributed by atoms with van der Waals surface area (Å²) < 4.78 is 23.0. The molecule has 0 fully saturated rings. The first kappa shape index (κ1) is 14.6. The maximum absolute atomic E-state index is 12.7. The van der Waals surface area contributed by atoms with Crippen molar-refractivity contribution in [3.63, 3.8) is 0 Å². The highest BCUT2D eigenvalue weighted by Crippen LogP contribution is 2.12. The van der Waals surface area contributed by atoms with E-state index in [1.807, 2.05) is 24.3 Å². The highest BCUT2D eigenvalue weighted by atomic mass is 19.1. The maximum atomic E-state index is 12.7. The van der Waals surface area contributed by atoms with Crippen molar-refractivity contribution in [3.8, 4) is 5.75 Å². The summed E-state index contributed by atoms with van der Waals surface area (Å²) in [6.45, 7) is 0.406. The second kappa shape index (κ2) is 7.79. The predicted molar refractivity (Wildman–Crippen MR) is 67.0 cm³/mol. The van der Waals surface area contributed by atoms with Gasteiger partial charge >= 0.3 is 0 Å². The van der Waals surface area contributed by atoms with Gasteiger partial charge in [0, 0.05) is 12.6 Å². The lowest BCUT2D eigenvalue weighted by Gasteiger charge is -2.12. The Balaban J connectivity index is 2.26. The number of benzene rings is 1. The molecule has 0 aliphatic rings. The van der Waals surface area contributed by atoms with Crippen molar-refractivity contribution in [2.45, 2.75) is 25.3 Å². The van der Waals surface area contributed by atoms with Gasteiger partial charge in [-0.15, -0.1) is 0 Å². The molecule has 1 aromatic carbocycles. The van der Waals surface area contributed by atoms with Crippen molar-refractivity contribution in [2.75, 3.05) is 13.7 Å². The van der Waals surface area contributed by atoms with Crippen LogP contribution in [0.25, 0.3) is 0 Å². The lowest BCUT2D eigenvalue weighted by atomic mass is 10.2. The minimum atomic E-state index is -1.41. The van der Waals surface area contributed by atoms with Gasteiger partial charge in [-0.2, -0.15) is 0 Å². The second-order valence-electron chi connectivity index (χ2n) is 3.94. The van der Waals surface area contributed by atoms with Crippen LogP contribution in [-0.4, -0.2) is 37.3 Å². The van der Waals surface area contributed by atoms with Crippen LogP contribution in [0.15, 0.2) is 24.3 Å². The van der Waals surface area contributed by atoms with Gasteiger partial charge in [0.2, 0.25) is 0 Å². The molecule has 1 rings (SSSR count). The Morgan fingerprint density at radius 2 is 2.06 bits per heavy atom. The molecular weight excluding hydrogens is 237 g/mol. The monoisotopic (exact) mass is 255 g/mol. The molecule has 0 bridgehead atoms. The summed E-state index contributed by atoms with van der Waals surface area (Å²) in [4.78, 5) is 0. The Hall–Kier alpha value is -1.46. The van der Waals surface area contributed by atoms with E-state index in [1.165, 1.54) is 0 Å². The summed E-state index contributed by atoms with van der Waals surface area (Å²) in [6.07, 6.45) is -1.73. The highest BCUT2D eigenvalue weighted by molar-refractivity contribution is 5.58. The lowest BCUT2D eigenvalue weighted by molar-refractivity contribution is 0.0184. The minimum Gasteiger partial charge on any atom is -0.497 e. The summed E-state index contributed by atoms with van der Waals surface area (Å²) in [6, 6.07) is 7.37.